The maximum absolute atomic E-state index is 12.7. The molecule has 132 valence electrons. The molecule has 0 saturated heterocycles. The molecule has 2 heterocycles. The number of hydrogen-bond donors (Lipinski definition) is 1. The lowest BCUT2D eigenvalue weighted by Crippen LogP contribution is -2.04. The molecule has 5 nitrogen and oxygen atoms in total. The van der Waals surface area contributed by atoms with Gasteiger partial charge in [0, 0.05) is 30.1 Å². The molecule has 1 aromatic carbocycles. The Kier molecular flexibility index (Phi) is 4.76. The van der Waals surface area contributed by atoms with E-state index in [2.05, 4.69) is 15.0 Å². The number of H-pyrrole nitrogens is 1. The van der Waals surface area contributed by atoms with E-state index in [1.54, 1.807) is 25.4 Å². The van der Waals surface area contributed by atoms with Gasteiger partial charge < -0.3 is 9.72 Å². The van der Waals surface area contributed by atoms with Gasteiger partial charge in [0.1, 0.15) is 5.75 Å². The lowest BCUT2D eigenvalue weighted by Gasteiger charge is -2.05. The van der Waals surface area contributed by atoms with Crippen molar-refractivity contribution in [2.45, 2.75) is 17.8 Å². The SMILES string of the molecule is COc1ccnc(CCS(=O)c2nc3ccc(C(F)(F)F)cc3[nH]2)c1. The Labute approximate surface area is 143 Å². The number of rotatable bonds is 5. The molecule has 0 aliphatic carbocycles. The van der Waals surface area contributed by atoms with E-state index in [0.29, 0.717) is 23.4 Å². The van der Waals surface area contributed by atoms with Crippen molar-refractivity contribution in [3.8, 4) is 5.75 Å². The smallest absolute Gasteiger partial charge is 0.416 e. The number of ether oxygens (including phenoxy) is 1. The van der Waals surface area contributed by atoms with E-state index in [9.17, 15) is 17.4 Å². The van der Waals surface area contributed by atoms with Crippen LogP contribution in [0.3, 0.4) is 0 Å². The molecule has 0 aliphatic rings. The van der Waals surface area contributed by atoms with Crippen LogP contribution in [0.2, 0.25) is 0 Å². The summed E-state index contributed by atoms with van der Waals surface area (Å²) in [4.78, 5) is 11.0. The van der Waals surface area contributed by atoms with Crippen LogP contribution in [-0.2, 0) is 23.4 Å². The Morgan fingerprint density at radius 3 is 2.76 bits per heavy atom. The van der Waals surface area contributed by atoms with E-state index in [4.69, 9.17) is 4.74 Å². The van der Waals surface area contributed by atoms with Gasteiger partial charge in [-0.3, -0.25) is 9.19 Å². The normalized spacial score (nSPS) is 13.1. The summed E-state index contributed by atoms with van der Waals surface area (Å²) in [5.41, 5.74) is 0.485. The summed E-state index contributed by atoms with van der Waals surface area (Å²) in [5.74, 6) is 0.894. The largest absolute Gasteiger partial charge is 0.497 e. The highest BCUT2D eigenvalue weighted by molar-refractivity contribution is 7.84. The zero-order valence-electron chi connectivity index (χ0n) is 13.1. The maximum Gasteiger partial charge on any atom is 0.416 e. The van der Waals surface area contributed by atoms with Crippen molar-refractivity contribution in [1.82, 2.24) is 15.0 Å². The minimum atomic E-state index is -4.43. The molecule has 3 aromatic rings. The first-order valence-electron chi connectivity index (χ1n) is 7.31. The van der Waals surface area contributed by atoms with Gasteiger partial charge in [0.05, 0.1) is 34.5 Å². The number of alkyl halides is 3. The van der Waals surface area contributed by atoms with E-state index in [-0.39, 0.29) is 16.4 Å². The van der Waals surface area contributed by atoms with Gasteiger partial charge in [0.2, 0.25) is 0 Å². The minimum absolute atomic E-state index is 0.150. The molecule has 1 unspecified atom stereocenters. The molecule has 0 saturated carbocycles. The van der Waals surface area contributed by atoms with Crippen molar-refractivity contribution in [2.75, 3.05) is 12.9 Å². The van der Waals surface area contributed by atoms with Gasteiger partial charge in [-0.1, -0.05) is 0 Å². The van der Waals surface area contributed by atoms with Gasteiger partial charge in [0.25, 0.3) is 0 Å². The van der Waals surface area contributed by atoms with Crippen molar-refractivity contribution >= 4 is 21.8 Å². The summed E-state index contributed by atoms with van der Waals surface area (Å²) in [6.07, 6.45) is -2.41. The van der Waals surface area contributed by atoms with Gasteiger partial charge in [-0.25, -0.2) is 4.98 Å². The number of aromatic nitrogens is 3. The first-order valence-corrected chi connectivity index (χ1v) is 8.63. The van der Waals surface area contributed by atoms with Crippen LogP contribution in [0.5, 0.6) is 5.75 Å². The monoisotopic (exact) mass is 369 g/mol. The van der Waals surface area contributed by atoms with Gasteiger partial charge >= 0.3 is 6.18 Å². The van der Waals surface area contributed by atoms with E-state index in [1.807, 2.05) is 0 Å². The van der Waals surface area contributed by atoms with Crippen LogP contribution in [0.1, 0.15) is 11.3 Å². The average Bonchev–Trinajstić information content (AvgIpc) is 3.02. The number of imidazole rings is 1. The number of methoxy groups -OCH3 is 1. The molecule has 0 bridgehead atoms. The molecule has 0 spiro atoms. The molecule has 25 heavy (non-hydrogen) atoms. The van der Waals surface area contributed by atoms with Crippen molar-refractivity contribution in [1.29, 1.82) is 0 Å². The highest BCUT2D eigenvalue weighted by atomic mass is 32.2. The Bertz CT molecular complexity index is 924. The lowest BCUT2D eigenvalue weighted by atomic mass is 10.2. The fraction of sp³-hybridized carbons (Fsp3) is 0.250. The van der Waals surface area contributed by atoms with E-state index < -0.39 is 22.5 Å². The number of fused-ring (bicyclic) bond motifs is 1. The Morgan fingerprint density at radius 1 is 1.24 bits per heavy atom. The van der Waals surface area contributed by atoms with Crippen LogP contribution in [0.25, 0.3) is 11.0 Å². The predicted octanol–water partition coefficient (Wildman–Crippen LogP) is 3.34. The topological polar surface area (TPSA) is 67.9 Å². The lowest BCUT2D eigenvalue weighted by molar-refractivity contribution is -0.137. The van der Waals surface area contributed by atoms with Gasteiger partial charge in [-0.05, 0) is 24.3 Å². The molecular weight excluding hydrogens is 355 g/mol. The third kappa shape index (κ3) is 3.98. The van der Waals surface area contributed by atoms with Crippen molar-refractivity contribution in [3.05, 3.63) is 47.8 Å². The minimum Gasteiger partial charge on any atom is -0.497 e. The number of halogens is 3. The number of aryl methyl sites for hydroxylation is 1. The van der Waals surface area contributed by atoms with Crippen LogP contribution in [0.15, 0.2) is 41.7 Å². The fourth-order valence-corrected chi connectivity index (χ4v) is 3.30. The van der Waals surface area contributed by atoms with Crippen molar-refractivity contribution in [2.24, 2.45) is 0 Å². The van der Waals surface area contributed by atoms with Crippen molar-refractivity contribution < 1.29 is 22.1 Å². The van der Waals surface area contributed by atoms with E-state index in [1.165, 1.54) is 6.07 Å². The fourth-order valence-electron chi connectivity index (χ4n) is 2.28. The van der Waals surface area contributed by atoms with Crippen LogP contribution in [0.4, 0.5) is 13.2 Å². The molecule has 0 aliphatic heterocycles. The second kappa shape index (κ2) is 6.83. The second-order valence-corrected chi connectivity index (χ2v) is 6.74. The third-order valence-electron chi connectivity index (χ3n) is 3.57. The van der Waals surface area contributed by atoms with Crippen LogP contribution in [-0.4, -0.2) is 32.0 Å². The molecule has 3 rings (SSSR count). The third-order valence-corrected chi connectivity index (χ3v) is 4.77. The molecule has 9 heteroatoms. The van der Waals surface area contributed by atoms with Crippen LogP contribution in [0, 0.1) is 0 Å². The van der Waals surface area contributed by atoms with Crippen molar-refractivity contribution in [3.63, 3.8) is 0 Å². The average molecular weight is 369 g/mol. The number of nitrogens with zero attached hydrogens (tertiary/aromatic N) is 2. The van der Waals surface area contributed by atoms with Crippen LogP contribution >= 0.6 is 0 Å². The highest BCUT2D eigenvalue weighted by Gasteiger charge is 2.30. The first-order chi connectivity index (χ1) is 11.9. The summed E-state index contributed by atoms with van der Waals surface area (Å²) < 4.78 is 55.7. The molecule has 2 aromatic heterocycles. The predicted molar refractivity (Wildman–Crippen MR) is 86.9 cm³/mol. The standard InChI is InChI=1S/C16H14F3N3O2S/c1-24-12-4-6-20-11(9-12)5-7-25(23)15-21-13-3-2-10(16(17,18)19)8-14(13)22-15/h2-4,6,8-9H,5,7H2,1H3,(H,21,22). The van der Waals surface area contributed by atoms with Crippen LogP contribution < -0.4 is 4.74 Å². The number of hydrogen-bond acceptors (Lipinski definition) is 4. The number of pyridine rings is 1. The Morgan fingerprint density at radius 2 is 2.04 bits per heavy atom. The molecule has 1 N–H and O–H groups in total. The molecule has 0 amide bonds. The Balaban J connectivity index is 1.75. The molecular formula is C16H14F3N3O2S. The summed E-state index contributed by atoms with van der Waals surface area (Å²) in [7, 11) is 0.0609. The van der Waals surface area contributed by atoms with Gasteiger partial charge in [0.15, 0.2) is 5.16 Å². The maximum atomic E-state index is 12.7. The molecule has 0 fully saturated rings. The number of nitrogens with one attached hydrogen (secondary N) is 1. The quantitative estimate of drug-likeness (QED) is 0.749. The highest BCUT2D eigenvalue weighted by Crippen LogP contribution is 2.31. The summed E-state index contributed by atoms with van der Waals surface area (Å²) >= 11 is 0. The first kappa shape index (κ1) is 17.4. The molecule has 0 radical (unpaired) electrons. The zero-order valence-corrected chi connectivity index (χ0v) is 13.9. The second-order valence-electron chi connectivity index (χ2n) is 5.26. The van der Waals surface area contributed by atoms with E-state index >= 15 is 0 Å². The summed E-state index contributed by atoms with van der Waals surface area (Å²) in [5, 5.41) is 0.150. The molecule has 1 atom stereocenters. The Hall–Kier alpha value is -2.42. The zero-order chi connectivity index (χ0) is 18.0. The number of aromatic amines is 1. The summed E-state index contributed by atoms with van der Waals surface area (Å²) in [6, 6.07) is 6.63. The summed E-state index contributed by atoms with van der Waals surface area (Å²) in [6.45, 7) is 0. The van der Waals surface area contributed by atoms with E-state index in [0.717, 1.165) is 12.1 Å². The van der Waals surface area contributed by atoms with Gasteiger partial charge in [-0.2, -0.15) is 13.2 Å². The number of benzene rings is 1. The van der Waals surface area contributed by atoms with Gasteiger partial charge in [-0.15, -0.1) is 0 Å².